The summed E-state index contributed by atoms with van der Waals surface area (Å²) in [6.45, 7) is 3.79. The van der Waals surface area contributed by atoms with Crippen molar-refractivity contribution in [3.05, 3.63) is 47.0 Å². The number of anilines is 1. The molecule has 0 aliphatic rings. The number of aromatic nitrogens is 1. The molecule has 0 bridgehead atoms. The van der Waals surface area contributed by atoms with Crippen molar-refractivity contribution in [1.82, 2.24) is 4.98 Å². The lowest BCUT2D eigenvalue weighted by Crippen LogP contribution is -2.07. The summed E-state index contributed by atoms with van der Waals surface area (Å²) in [6, 6.07) is 11.0. The quantitative estimate of drug-likeness (QED) is 0.452. The van der Waals surface area contributed by atoms with E-state index >= 15 is 0 Å². The predicted molar refractivity (Wildman–Crippen MR) is 97.5 cm³/mol. The van der Waals surface area contributed by atoms with E-state index in [0.717, 1.165) is 16.9 Å². The summed E-state index contributed by atoms with van der Waals surface area (Å²) in [4.78, 5) is 28.6. The average Bonchev–Trinajstić information content (AvgIpc) is 3.08. The van der Waals surface area contributed by atoms with Crippen molar-refractivity contribution in [2.45, 2.75) is 13.8 Å². The van der Waals surface area contributed by atoms with Crippen molar-refractivity contribution in [3.63, 3.8) is 0 Å². The Bertz CT molecular complexity index is 853. The van der Waals surface area contributed by atoms with Crippen LogP contribution in [0.4, 0.5) is 5.13 Å². The molecule has 1 N–H and O–H groups in total. The molecule has 0 spiro atoms. The Labute approximate surface area is 154 Å². The first-order valence-electron chi connectivity index (χ1n) is 7.88. The molecule has 2 aromatic rings. The van der Waals surface area contributed by atoms with Crippen LogP contribution in [0.2, 0.25) is 0 Å². The highest BCUT2D eigenvalue weighted by molar-refractivity contribution is 7.17. The first kappa shape index (κ1) is 19.1. The van der Waals surface area contributed by atoms with E-state index < -0.39 is 11.9 Å². The van der Waals surface area contributed by atoms with Crippen molar-refractivity contribution in [1.29, 1.82) is 5.26 Å². The van der Waals surface area contributed by atoms with Gasteiger partial charge >= 0.3 is 11.9 Å². The summed E-state index contributed by atoms with van der Waals surface area (Å²) in [5.41, 5.74) is 1.04. The minimum atomic E-state index is -0.729. The molecule has 0 atom stereocenters. The maximum absolute atomic E-state index is 12.2. The van der Waals surface area contributed by atoms with Gasteiger partial charge in [-0.1, -0.05) is 41.7 Å². The Kier molecular flexibility index (Phi) is 6.88. The van der Waals surface area contributed by atoms with E-state index in [1.54, 1.807) is 19.9 Å². The Balaban J connectivity index is 2.34. The molecule has 0 aliphatic carbocycles. The third-order valence-electron chi connectivity index (χ3n) is 3.09. The molecule has 0 unspecified atom stereocenters. The first-order chi connectivity index (χ1) is 12.6. The summed E-state index contributed by atoms with van der Waals surface area (Å²) in [5.74, 6) is -1.21. The molecule has 134 valence electrons. The number of esters is 2. The van der Waals surface area contributed by atoms with E-state index in [-0.39, 0.29) is 18.8 Å². The lowest BCUT2D eigenvalue weighted by molar-refractivity contribution is -0.138. The van der Waals surface area contributed by atoms with Crippen molar-refractivity contribution in [3.8, 4) is 17.3 Å². The fourth-order valence-electron chi connectivity index (χ4n) is 1.99. The number of carbonyl (C=O) groups excluding carboxylic acids is 2. The largest absolute Gasteiger partial charge is 0.462 e. The number of nitrogens with zero attached hydrogens (tertiary/aromatic N) is 2. The Morgan fingerprint density at radius 3 is 2.54 bits per heavy atom. The zero-order valence-electron chi connectivity index (χ0n) is 14.3. The minimum Gasteiger partial charge on any atom is -0.462 e. The minimum absolute atomic E-state index is 0.167. The van der Waals surface area contributed by atoms with Crippen LogP contribution in [-0.4, -0.2) is 30.1 Å². The maximum Gasteiger partial charge on any atom is 0.350 e. The molecule has 1 aromatic heterocycles. The van der Waals surface area contributed by atoms with Gasteiger partial charge in [-0.25, -0.2) is 14.6 Å². The lowest BCUT2D eigenvalue weighted by atomic mass is 10.1. The highest BCUT2D eigenvalue weighted by Gasteiger charge is 2.20. The molecule has 2 rings (SSSR count). The molecule has 0 aliphatic heterocycles. The smallest absolute Gasteiger partial charge is 0.350 e. The fraction of sp³-hybridized carbons (Fsp3) is 0.222. The maximum atomic E-state index is 12.2. The molecule has 26 heavy (non-hydrogen) atoms. The van der Waals surface area contributed by atoms with Crippen molar-refractivity contribution >= 4 is 28.4 Å². The molecule has 1 heterocycles. The van der Waals surface area contributed by atoms with Crippen molar-refractivity contribution in [2.24, 2.45) is 0 Å². The van der Waals surface area contributed by atoms with E-state index in [1.807, 2.05) is 30.3 Å². The van der Waals surface area contributed by atoms with Gasteiger partial charge in [-0.15, -0.1) is 0 Å². The van der Waals surface area contributed by atoms with Gasteiger partial charge in [0.25, 0.3) is 0 Å². The van der Waals surface area contributed by atoms with Crippen molar-refractivity contribution in [2.75, 3.05) is 18.5 Å². The molecule has 7 nitrogen and oxygen atoms in total. The first-order valence-corrected chi connectivity index (χ1v) is 8.69. The summed E-state index contributed by atoms with van der Waals surface area (Å²) in [6.07, 6.45) is 1.21. The van der Waals surface area contributed by atoms with Crippen LogP contribution >= 0.6 is 11.3 Å². The van der Waals surface area contributed by atoms with Gasteiger partial charge in [0.15, 0.2) is 10.7 Å². The van der Waals surface area contributed by atoms with E-state index in [9.17, 15) is 9.59 Å². The van der Waals surface area contributed by atoms with E-state index in [0.29, 0.717) is 15.7 Å². The second-order valence-corrected chi connectivity index (χ2v) is 5.82. The van der Waals surface area contributed by atoms with Gasteiger partial charge in [-0.2, -0.15) is 5.26 Å². The fourth-order valence-corrected chi connectivity index (χ4v) is 2.84. The zero-order chi connectivity index (χ0) is 18.9. The number of nitrogens with one attached hydrogen (secondary N) is 1. The second-order valence-electron chi connectivity index (χ2n) is 4.82. The van der Waals surface area contributed by atoms with Crippen LogP contribution in [0.5, 0.6) is 0 Å². The van der Waals surface area contributed by atoms with Crippen LogP contribution in [0.25, 0.3) is 11.3 Å². The van der Waals surface area contributed by atoms with Gasteiger partial charge in [0.05, 0.1) is 18.9 Å². The monoisotopic (exact) mass is 371 g/mol. The van der Waals surface area contributed by atoms with E-state index in [2.05, 4.69) is 10.3 Å². The normalized spacial score (nSPS) is 10.7. The Morgan fingerprint density at radius 1 is 1.23 bits per heavy atom. The van der Waals surface area contributed by atoms with Crippen LogP contribution in [0.3, 0.4) is 0 Å². The van der Waals surface area contributed by atoms with E-state index in [1.165, 1.54) is 6.20 Å². The number of benzene rings is 1. The van der Waals surface area contributed by atoms with Crippen LogP contribution in [0.1, 0.15) is 23.5 Å². The molecule has 0 saturated carbocycles. The topological polar surface area (TPSA) is 101 Å². The number of ether oxygens (including phenoxy) is 2. The average molecular weight is 371 g/mol. The number of hydrogen-bond acceptors (Lipinski definition) is 8. The van der Waals surface area contributed by atoms with Crippen LogP contribution in [0.15, 0.2) is 42.1 Å². The SMILES string of the molecule is CCOC(=O)/C(C#N)=C/Nc1nc(-c2ccccc2)c(C(=O)OCC)s1. The number of carbonyl (C=O) groups is 2. The molecule has 0 saturated heterocycles. The number of rotatable bonds is 7. The second kappa shape index (κ2) is 9.34. The molecule has 0 amide bonds. The lowest BCUT2D eigenvalue weighted by Gasteiger charge is -2.01. The third kappa shape index (κ3) is 4.68. The van der Waals surface area contributed by atoms with Crippen molar-refractivity contribution < 1.29 is 19.1 Å². The standard InChI is InChI=1S/C18H17N3O4S/c1-3-24-16(22)13(10-19)11-20-18-21-14(12-8-6-5-7-9-12)15(26-18)17(23)25-4-2/h5-9,11H,3-4H2,1-2H3,(H,20,21)/b13-11+. The number of nitriles is 1. The Hall–Kier alpha value is -3.18. The summed E-state index contributed by atoms with van der Waals surface area (Å²) in [7, 11) is 0. The van der Waals surface area contributed by atoms with Gasteiger partial charge < -0.3 is 14.8 Å². The van der Waals surface area contributed by atoms with Gasteiger partial charge in [0.1, 0.15) is 10.9 Å². The summed E-state index contributed by atoms with van der Waals surface area (Å²) >= 11 is 1.08. The molecule has 8 heteroatoms. The number of hydrogen-bond donors (Lipinski definition) is 1. The number of thiazole rings is 1. The molecule has 1 aromatic carbocycles. The van der Waals surface area contributed by atoms with Crippen LogP contribution in [-0.2, 0) is 14.3 Å². The highest BCUT2D eigenvalue weighted by atomic mass is 32.1. The predicted octanol–water partition coefficient (Wildman–Crippen LogP) is 3.37. The molecule has 0 radical (unpaired) electrons. The summed E-state index contributed by atoms with van der Waals surface area (Å²) < 4.78 is 9.87. The van der Waals surface area contributed by atoms with Gasteiger partial charge in [-0.3, -0.25) is 0 Å². The van der Waals surface area contributed by atoms with Crippen LogP contribution < -0.4 is 5.32 Å². The summed E-state index contributed by atoms with van der Waals surface area (Å²) in [5, 5.41) is 12.2. The zero-order valence-corrected chi connectivity index (χ0v) is 15.1. The molecular weight excluding hydrogens is 354 g/mol. The Morgan fingerprint density at radius 2 is 1.92 bits per heavy atom. The molecular formula is C18H17N3O4S. The van der Waals surface area contributed by atoms with Gasteiger partial charge in [-0.05, 0) is 13.8 Å². The van der Waals surface area contributed by atoms with E-state index in [4.69, 9.17) is 14.7 Å². The van der Waals surface area contributed by atoms with Gasteiger partial charge in [0.2, 0.25) is 0 Å². The third-order valence-corrected chi connectivity index (χ3v) is 4.06. The molecule has 0 fully saturated rings. The van der Waals surface area contributed by atoms with Crippen LogP contribution in [0, 0.1) is 11.3 Å². The highest BCUT2D eigenvalue weighted by Crippen LogP contribution is 2.31. The van der Waals surface area contributed by atoms with Gasteiger partial charge in [0, 0.05) is 11.8 Å².